The number of carbonyl (C=O) groups excluding carboxylic acids is 1. The summed E-state index contributed by atoms with van der Waals surface area (Å²) < 4.78 is 4.92. The van der Waals surface area contributed by atoms with Crippen molar-refractivity contribution in [2.45, 2.75) is 37.8 Å². The summed E-state index contributed by atoms with van der Waals surface area (Å²) in [6.07, 6.45) is 4.92. The molecule has 4 fully saturated rings. The SMILES string of the molecule is COC(=O)C(NC1CN2CCC1CC2)C1CC1. The largest absolute Gasteiger partial charge is 0.468 e. The number of hydrogen-bond acceptors (Lipinski definition) is 4. The van der Waals surface area contributed by atoms with Crippen LogP contribution in [0.25, 0.3) is 0 Å². The molecular formula is C13H22N2O2. The average Bonchev–Trinajstić information content (AvgIpc) is 3.21. The van der Waals surface area contributed by atoms with E-state index in [2.05, 4.69) is 10.2 Å². The van der Waals surface area contributed by atoms with Gasteiger partial charge in [-0.05, 0) is 50.6 Å². The van der Waals surface area contributed by atoms with Gasteiger partial charge in [-0.2, -0.15) is 0 Å². The van der Waals surface area contributed by atoms with Crippen LogP contribution in [-0.2, 0) is 9.53 Å². The van der Waals surface area contributed by atoms with E-state index in [-0.39, 0.29) is 12.0 Å². The number of ether oxygens (including phenoxy) is 1. The Kier molecular flexibility index (Phi) is 3.09. The monoisotopic (exact) mass is 238 g/mol. The lowest BCUT2D eigenvalue weighted by Crippen LogP contribution is -2.59. The van der Waals surface area contributed by atoms with Gasteiger partial charge in [0.2, 0.25) is 0 Å². The van der Waals surface area contributed by atoms with E-state index in [0.717, 1.165) is 12.5 Å². The molecule has 3 aliphatic heterocycles. The predicted molar refractivity (Wildman–Crippen MR) is 64.6 cm³/mol. The number of nitrogens with zero attached hydrogens (tertiary/aromatic N) is 1. The summed E-state index contributed by atoms with van der Waals surface area (Å²) >= 11 is 0. The van der Waals surface area contributed by atoms with Crippen LogP contribution >= 0.6 is 0 Å². The van der Waals surface area contributed by atoms with E-state index < -0.39 is 0 Å². The maximum absolute atomic E-state index is 11.8. The van der Waals surface area contributed by atoms with Crippen molar-refractivity contribution in [2.75, 3.05) is 26.7 Å². The lowest BCUT2D eigenvalue weighted by molar-refractivity contribution is -0.144. The summed E-state index contributed by atoms with van der Waals surface area (Å²) in [7, 11) is 1.50. The van der Waals surface area contributed by atoms with Gasteiger partial charge in [-0.25, -0.2) is 0 Å². The van der Waals surface area contributed by atoms with E-state index in [1.165, 1.54) is 45.9 Å². The topological polar surface area (TPSA) is 41.6 Å². The van der Waals surface area contributed by atoms with E-state index >= 15 is 0 Å². The van der Waals surface area contributed by atoms with Crippen LogP contribution in [0.15, 0.2) is 0 Å². The summed E-state index contributed by atoms with van der Waals surface area (Å²) in [6, 6.07) is 0.452. The van der Waals surface area contributed by atoms with Crippen molar-refractivity contribution in [1.82, 2.24) is 10.2 Å². The lowest BCUT2D eigenvalue weighted by atomic mass is 9.83. The Hall–Kier alpha value is -0.610. The molecule has 1 saturated carbocycles. The molecule has 17 heavy (non-hydrogen) atoms. The van der Waals surface area contributed by atoms with E-state index in [1.54, 1.807) is 0 Å². The molecule has 3 saturated heterocycles. The Morgan fingerprint density at radius 3 is 2.47 bits per heavy atom. The van der Waals surface area contributed by atoms with Crippen molar-refractivity contribution in [3.8, 4) is 0 Å². The molecule has 3 heterocycles. The smallest absolute Gasteiger partial charge is 0.323 e. The lowest BCUT2D eigenvalue weighted by Gasteiger charge is -2.46. The van der Waals surface area contributed by atoms with E-state index in [1.807, 2.05) is 0 Å². The molecule has 1 N–H and O–H groups in total. The Morgan fingerprint density at radius 1 is 1.29 bits per heavy atom. The minimum Gasteiger partial charge on any atom is -0.468 e. The van der Waals surface area contributed by atoms with Crippen LogP contribution in [0.5, 0.6) is 0 Å². The molecule has 96 valence electrons. The number of carbonyl (C=O) groups is 1. The maximum atomic E-state index is 11.8. The summed E-state index contributed by atoms with van der Waals surface area (Å²) in [5.74, 6) is 1.23. The summed E-state index contributed by atoms with van der Waals surface area (Å²) in [5.41, 5.74) is 0. The van der Waals surface area contributed by atoms with Gasteiger partial charge in [-0.3, -0.25) is 10.1 Å². The summed E-state index contributed by atoms with van der Waals surface area (Å²) in [4.78, 5) is 14.3. The van der Waals surface area contributed by atoms with Gasteiger partial charge < -0.3 is 9.64 Å². The number of fused-ring (bicyclic) bond motifs is 3. The molecule has 4 heteroatoms. The summed E-state index contributed by atoms with van der Waals surface area (Å²) in [6.45, 7) is 3.61. The normalized spacial score (nSPS) is 37.8. The molecule has 0 spiro atoms. The van der Waals surface area contributed by atoms with Crippen molar-refractivity contribution >= 4 is 5.97 Å². The third kappa shape index (κ3) is 2.33. The molecule has 0 aromatic heterocycles. The fraction of sp³-hybridized carbons (Fsp3) is 0.923. The quantitative estimate of drug-likeness (QED) is 0.729. The fourth-order valence-corrected chi connectivity index (χ4v) is 3.34. The molecule has 0 amide bonds. The molecule has 0 radical (unpaired) electrons. The molecule has 1 aliphatic carbocycles. The molecule has 2 atom stereocenters. The molecule has 4 nitrogen and oxygen atoms in total. The van der Waals surface area contributed by atoms with Crippen molar-refractivity contribution in [1.29, 1.82) is 0 Å². The highest BCUT2D eigenvalue weighted by molar-refractivity contribution is 5.76. The van der Waals surface area contributed by atoms with Gasteiger partial charge in [-0.15, -0.1) is 0 Å². The maximum Gasteiger partial charge on any atom is 0.323 e. The average molecular weight is 238 g/mol. The molecule has 4 aliphatic rings. The fourth-order valence-electron chi connectivity index (χ4n) is 3.34. The second-order valence-electron chi connectivity index (χ2n) is 5.75. The van der Waals surface area contributed by atoms with Gasteiger partial charge in [0.15, 0.2) is 0 Å². The van der Waals surface area contributed by atoms with Crippen molar-refractivity contribution in [2.24, 2.45) is 11.8 Å². The number of methoxy groups -OCH3 is 1. The van der Waals surface area contributed by atoms with Gasteiger partial charge >= 0.3 is 5.97 Å². The van der Waals surface area contributed by atoms with Gasteiger partial charge in [0.25, 0.3) is 0 Å². The highest BCUT2D eigenvalue weighted by Gasteiger charge is 2.41. The number of esters is 1. The second kappa shape index (κ2) is 4.58. The van der Waals surface area contributed by atoms with Crippen molar-refractivity contribution < 1.29 is 9.53 Å². The predicted octanol–water partition coefficient (Wildman–Crippen LogP) is 0.622. The van der Waals surface area contributed by atoms with Crippen LogP contribution in [-0.4, -0.2) is 49.7 Å². The van der Waals surface area contributed by atoms with Gasteiger partial charge in [0.05, 0.1) is 7.11 Å². The van der Waals surface area contributed by atoms with Crippen LogP contribution in [0.2, 0.25) is 0 Å². The zero-order valence-corrected chi connectivity index (χ0v) is 10.5. The summed E-state index contributed by atoms with van der Waals surface area (Å²) in [5, 5.41) is 3.58. The number of piperidine rings is 3. The van der Waals surface area contributed by atoms with E-state index in [4.69, 9.17) is 4.74 Å². The Balaban J connectivity index is 1.62. The van der Waals surface area contributed by atoms with Crippen LogP contribution in [0.3, 0.4) is 0 Å². The highest BCUT2D eigenvalue weighted by Crippen LogP contribution is 2.35. The highest BCUT2D eigenvalue weighted by atomic mass is 16.5. The Morgan fingerprint density at radius 2 is 2.00 bits per heavy atom. The van der Waals surface area contributed by atoms with Crippen LogP contribution in [0.4, 0.5) is 0 Å². The number of nitrogens with one attached hydrogen (secondary N) is 1. The zero-order chi connectivity index (χ0) is 11.8. The minimum absolute atomic E-state index is 0.0504. The van der Waals surface area contributed by atoms with E-state index in [0.29, 0.717) is 12.0 Å². The van der Waals surface area contributed by atoms with E-state index in [9.17, 15) is 4.79 Å². The third-order valence-corrected chi connectivity index (χ3v) is 4.60. The standard InChI is InChI=1S/C13H22N2O2/c1-17-13(16)12(10-2-3-10)14-11-8-15-6-4-9(11)5-7-15/h9-12,14H,2-8H2,1H3. The zero-order valence-electron chi connectivity index (χ0n) is 10.5. The van der Waals surface area contributed by atoms with Gasteiger partial charge in [0, 0.05) is 12.6 Å². The van der Waals surface area contributed by atoms with Crippen LogP contribution < -0.4 is 5.32 Å². The first-order chi connectivity index (χ1) is 8.28. The Labute approximate surface area is 103 Å². The number of rotatable bonds is 4. The molecule has 2 unspecified atom stereocenters. The van der Waals surface area contributed by atoms with Gasteiger partial charge in [-0.1, -0.05) is 0 Å². The van der Waals surface area contributed by atoms with Crippen molar-refractivity contribution in [3.63, 3.8) is 0 Å². The molecule has 0 aromatic carbocycles. The Bertz CT molecular complexity index is 296. The molecular weight excluding hydrogens is 216 g/mol. The third-order valence-electron chi connectivity index (χ3n) is 4.60. The minimum atomic E-state index is -0.0658. The first-order valence-electron chi connectivity index (χ1n) is 6.84. The molecule has 4 rings (SSSR count). The van der Waals surface area contributed by atoms with Crippen LogP contribution in [0.1, 0.15) is 25.7 Å². The van der Waals surface area contributed by atoms with Crippen LogP contribution in [0, 0.1) is 11.8 Å². The molecule has 2 bridgehead atoms. The molecule has 0 aromatic rings. The van der Waals surface area contributed by atoms with Gasteiger partial charge in [0.1, 0.15) is 6.04 Å². The number of hydrogen-bond donors (Lipinski definition) is 1. The first-order valence-corrected chi connectivity index (χ1v) is 6.84. The first kappa shape index (κ1) is 11.5. The second-order valence-corrected chi connectivity index (χ2v) is 5.75. The van der Waals surface area contributed by atoms with Crippen molar-refractivity contribution in [3.05, 3.63) is 0 Å².